The molecule has 2 rings (SSSR count). The number of nitrogens with one attached hydrogen (secondary N) is 1. The minimum absolute atomic E-state index is 0.480. The van der Waals surface area contributed by atoms with Crippen LogP contribution in [0.2, 0.25) is 0 Å². The van der Waals surface area contributed by atoms with Gasteiger partial charge in [-0.05, 0) is 26.2 Å². The molecular formula is C15H15F5N2O2. The van der Waals surface area contributed by atoms with E-state index >= 15 is 0 Å². The van der Waals surface area contributed by atoms with E-state index in [9.17, 15) is 31.5 Å². The molecule has 1 aromatic rings. The molecule has 1 atom stereocenters. The standard InChI is InChI=1S/C15H15F5N2O2/c1-7(15(24)22-5-3-2-4-6-22)21-14(23)8-9(16)11(18)13(20)12(19)10(8)17/h7H,2-6H2,1H3,(H,21,23). The van der Waals surface area contributed by atoms with E-state index in [4.69, 9.17) is 0 Å². The fraction of sp³-hybridized carbons (Fsp3) is 0.467. The Morgan fingerprint density at radius 2 is 1.33 bits per heavy atom. The molecule has 1 fully saturated rings. The lowest BCUT2D eigenvalue weighted by Crippen LogP contribution is -2.48. The molecule has 1 N–H and O–H groups in total. The van der Waals surface area contributed by atoms with Crippen LogP contribution in [-0.2, 0) is 4.79 Å². The number of nitrogens with zero attached hydrogens (tertiary/aromatic N) is 1. The van der Waals surface area contributed by atoms with Gasteiger partial charge in [-0.25, -0.2) is 22.0 Å². The van der Waals surface area contributed by atoms with E-state index in [1.165, 1.54) is 11.8 Å². The van der Waals surface area contributed by atoms with Crippen LogP contribution in [0.15, 0.2) is 0 Å². The van der Waals surface area contributed by atoms with Gasteiger partial charge in [0.05, 0.1) is 0 Å². The van der Waals surface area contributed by atoms with Crippen LogP contribution in [0, 0.1) is 29.1 Å². The number of rotatable bonds is 3. The van der Waals surface area contributed by atoms with Crippen molar-refractivity contribution in [2.75, 3.05) is 13.1 Å². The monoisotopic (exact) mass is 350 g/mol. The van der Waals surface area contributed by atoms with E-state index in [1.54, 1.807) is 0 Å². The van der Waals surface area contributed by atoms with Gasteiger partial charge in [0.2, 0.25) is 11.7 Å². The Balaban J connectivity index is 2.19. The first-order valence-electron chi connectivity index (χ1n) is 7.36. The van der Waals surface area contributed by atoms with Crippen molar-refractivity contribution in [1.82, 2.24) is 10.2 Å². The first kappa shape index (κ1) is 18.2. The Morgan fingerprint density at radius 1 is 0.875 bits per heavy atom. The minimum atomic E-state index is -2.35. The maximum atomic E-state index is 13.6. The zero-order valence-electron chi connectivity index (χ0n) is 12.8. The average Bonchev–Trinajstić information content (AvgIpc) is 2.58. The molecule has 0 saturated carbocycles. The van der Waals surface area contributed by atoms with Crippen molar-refractivity contribution in [1.29, 1.82) is 0 Å². The number of benzene rings is 1. The molecule has 2 amide bonds. The van der Waals surface area contributed by atoms with Gasteiger partial charge in [0.25, 0.3) is 5.91 Å². The second-order valence-electron chi connectivity index (χ2n) is 5.53. The number of amides is 2. The smallest absolute Gasteiger partial charge is 0.258 e. The molecule has 132 valence electrons. The van der Waals surface area contributed by atoms with Crippen molar-refractivity contribution in [3.63, 3.8) is 0 Å². The highest BCUT2D eigenvalue weighted by Gasteiger charge is 2.31. The fourth-order valence-corrected chi connectivity index (χ4v) is 2.52. The highest BCUT2D eigenvalue weighted by molar-refractivity contribution is 5.98. The summed E-state index contributed by atoms with van der Waals surface area (Å²) in [5, 5.41) is 1.98. The zero-order valence-corrected chi connectivity index (χ0v) is 12.8. The number of hydrogen-bond donors (Lipinski definition) is 1. The highest BCUT2D eigenvalue weighted by atomic mass is 19.2. The first-order chi connectivity index (χ1) is 11.3. The van der Waals surface area contributed by atoms with E-state index in [2.05, 4.69) is 0 Å². The summed E-state index contributed by atoms with van der Waals surface area (Å²) in [4.78, 5) is 25.5. The predicted octanol–water partition coefficient (Wildman–Crippen LogP) is 2.51. The number of piperidine rings is 1. The van der Waals surface area contributed by atoms with Crippen LogP contribution in [-0.4, -0.2) is 35.8 Å². The highest BCUT2D eigenvalue weighted by Crippen LogP contribution is 2.23. The molecule has 0 radical (unpaired) electrons. The lowest BCUT2D eigenvalue weighted by Gasteiger charge is -2.29. The van der Waals surface area contributed by atoms with Crippen molar-refractivity contribution in [3.05, 3.63) is 34.6 Å². The van der Waals surface area contributed by atoms with E-state index in [1.807, 2.05) is 5.32 Å². The van der Waals surface area contributed by atoms with Gasteiger partial charge in [0.1, 0.15) is 11.6 Å². The quantitative estimate of drug-likeness (QED) is 0.517. The van der Waals surface area contributed by atoms with Gasteiger partial charge in [-0.2, -0.15) is 0 Å². The predicted molar refractivity (Wildman–Crippen MR) is 73.6 cm³/mol. The second kappa shape index (κ2) is 7.14. The lowest BCUT2D eigenvalue weighted by atomic mass is 10.1. The van der Waals surface area contributed by atoms with Gasteiger partial charge in [-0.1, -0.05) is 0 Å². The lowest BCUT2D eigenvalue weighted by molar-refractivity contribution is -0.133. The van der Waals surface area contributed by atoms with Gasteiger partial charge in [0.15, 0.2) is 23.3 Å². The summed E-state index contributed by atoms with van der Waals surface area (Å²) < 4.78 is 66.4. The third kappa shape index (κ3) is 3.34. The van der Waals surface area contributed by atoms with Gasteiger partial charge < -0.3 is 10.2 Å². The summed E-state index contributed by atoms with van der Waals surface area (Å²) in [5.74, 6) is -13.3. The Hall–Kier alpha value is -2.19. The van der Waals surface area contributed by atoms with Crippen molar-refractivity contribution in [2.24, 2.45) is 0 Å². The Morgan fingerprint density at radius 3 is 1.83 bits per heavy atom. The summed E-state index contributed by atoms with van der Waals surface area (Å²) in [7, 11) is 0. The topological polar surface area (TPSA) is 49.4 Å². The third-order valence-electron chi connectivity index (χ3n) is 3.82. The maximum Gasteiger partial charge on any atom is 0.258 e. The molecule has 9 heteroatoms. The number of carbonyl (C=O) groups is 2. The number of hydrogen-bond acceptors (Lipinski definition) is 2. The van der Waals surface area contributed by atoms with Crippen LogP contribution in [0.3, 0.4) is 0 Å². The molecule has 0 bridgehead atoms. The number of carbonyl (C=O) groups excluding carboxylic acids is 2. The van der Waals surface area contributed by atoms with Crippen molar-refractivity contribution >= 4 is 11.8 Å². The Kier molecular flexibility index (Phi) is 5.40. The van der Waals surface area contributed by atoms with Crippen LogP contribution < -0.4 is 5.32 Å². The molecule has 1 unspecified atom stereocenters. The van der Waals surface area contributed by atoms with Crippen molar-refractivity contribution < 1.29 is 31.5 Å². The van der Waals surface area contributed by atoms with Crippen LogP contribution in [0.1, 0.15) is 36.5 Å². The summed E-state index contributed by atoms with van der Waals surface area (Å²) >= 11 is 0. The fourth-order valence-electron chi connectivity index (χ4n) is 2.52. The molecule has 1 aliphatic heterocycles. The number of likely N-dealkylation sites (tertiary alicyclic amines) is 1. The van der Waals surface area contributed by atoms with E-state index in [0.29, 0.717) is 13.1 Å². The summed E-state index contributed by atoms with van der Waals surface area (Å²) in [5.41, 5.74) is -1.61. The normalized spacial score (nSPS) is 16.0. The molecule has 1 saturated heterocycles. The van der Waals surface area contributed by atoms with E-state index in [0.717, 1.165) is 19.3 Å². The van der Waals surface area contributed by atoms with Crippen LogP contribution in [0.25, 0.3) is 0 Å². The summed E-state index contributed by atoms with van der Waals surface area (Å²) in [6, 6.07) is -1.16. The maximum absolute atomic E-state index is 13.6. The number of halogens is 5. The molecular weight excluding hydrogens is 335 g/mol. The van der Waals surface area contributed by atoms with Crippen LogP contribution in [0.5, 0.6) is 0 Å². The molecule has 1 aliphatic rings. The van der Waals surface area contributed by atoms with Crippen LogP contribution in [0.4, 0.5) is 22.0 Å². The van der Waals surface area contributed by atoms with Gasteiger partial charge in [-0.15, -0.1) is 0 Å². The molecule has 0 aromatic heterocycles. The molecule has 4 nitrogen and oxygen atoms in total. The molecule has 0 aliphatic carbocycles. The van der Waals surface area contributed by atoms with Crippen LogP contribution >= 0.6 is 0 Å². The third-order valence-corrected chi connectivity index (χ3v) is 3.82. The minimum Gasteiger partial charge on any atom is -0.341 e. The largest absolute Gasteiger partial charge is 0.341 e. The zero-order chi connectivity index (χ0) is 18.0. The van der Waals surface area contributed by atoms with E-state index < -0.39 is 52.5 Å². The molecule has 1 aromatic carbocycles. The average molecular weight is 350 g/mol. The van der Waals surface area contributed by atoms with Crippen molar-refractivity contribution in [3.8, 4) is 0 Å². The summed E-state index contributed by atoms with van der Waals surface area (Å²) in [6.45, 7) is 2.25. The Labute approximate surface area is 134 Å². The molecule has 0 spiro atoms. The summed E-state index contributed by atoms with van der Waals surface area (Å²) in [6.07, 6.45) is 2.56. The van der Waals surface area contributed by atoms with Gasteiger partial charge in [0, 0.05) is 13.1 Å². The van der Waals surface area contributed by atoms with Gasteiger partial charge in [-0.3, -0.25) is 9.59 Å². The Bertz CT molecular complexity index is 645. The molecule has 1 heterocycles. The van der Waals surface area contributed by atoms with Crippen molar-refractivity contribution in [2.45, 2.75) is 32.2 Å². The SMILES string of the molecule is CC(NC(=O)c1c(F)c(F)c(F)c(F)c1F)C(=O)N1CCCCC1. The van der Waals surface area contributed by atoms with E-state index in [-0.39, 0.29) is 0 Å². The first-order valence-corrected chi connectivity index (χ1v) is 7.36. The molecule has 24 heavy (non-hydrogen) atoms. The second-order valence-corrected chi connectivity index (χ2v) is 5.53. The van der Waals surface area contributed by atoms with Gasteiger partial charge >= 0.3 is 0 Å².